The van der Waals surface area contributed by atoms with Crippen LogP contribution in [0.25, 0.3) is 0 Å². The van der Waals surface area contributed by atoms with Gasteiger partial charge in [-0.05, 0) is 45.9 Å². The van der Waals surface area contributed by atoms with Crippen molar-refractivity contribution in [2.45, 2.75) is 45.2 Å². The molecule has 1 amide bonds. The van der Waals surface area contributed by atoms with Gasteiger partial charge in [0.15, 0.2) is 5.76 Å². The number of sulfonamides is 1. The maximum absolute atomic E-state index is 14.0. The quantitative estimate of drug-likeness (QED) is 0.683. The van der Waals surface area contributed by atoms with E-state index in [1.165, 1.54) is 31.7 Å². The molecule has 0 radical (unpaired) electrons. The zero-order valence-corrected chi connectivity index (χ0v) is 17.8. The Kier molecular flexibility index (Phi) is 6.77. The number of aryl methyl sites for hydroxylation is 2. The number of benzene rings is 1. The fourth-order valence-electron chi connectivity index (χ4n) is 2.69. The van der Waals surface area contributed by atoms with Crippen molar-refractivity contribution in [3.05, 3.63) is 45.5 Å². The van der Waals surface area contributed by atoms with E-state index >= 15 is 0 Å². The molecule has 0 saturated carbocycles. The molecule has 148 valence electrons. The van der Waals surface area contributed by atoms with Gasteiger partial charge in [0, 0.05) is 23.1 Å². The SMILES string of the molecule is CCN(Cc1cc(Br)ccc1F)C(=O)[C@H](C)NS(=O)(=O)c1c(C)noc1C. The number of rotatable bonds is 7. The number of nitrogens with one attached hydrogen (secondary N) is 1. The van der Waals surface area contributed by atoms with E-state index in [0.29, 0.717) is 16.6 Å². The normalized spacial score (nSPS) is 12.8. The van der Waals surface area contributed by atoms with Crippen LogP contribution < -0.4 is 4.72 Å². The summed E-state index contributed by atoms with van der Waals surface area (Å²) < 4.78 is 47.0. The maximum atomic E-state index is 14.0. The van der Waals surface area contributed by atoms with Crippen molar-refractivity contribution in [1.29, 1.82) is 0 Å². The molecule has 1 atom stereocenters. The third-order valence-corrected chi connectivity index (χ3v) is 6.28. The Bertz CT molecular complexity index is 926. The molecule has 0 bridgehead atoms. The van der Waals surface area contributed by atoms with Gasteiger partial charge in [0.05, 0.1) is 6.04 Å². The second kappa shape index (κ2) is 8.49. The predicted octanol–water partition coefficient (Wildman–Crippen LogP) is 2.91. The van der Waals surface area contributed by atoms with E-state index in [9.17, 15) is 17.6 Å². The highest BCUT2D eigenvalue weighted by Crippen LogP contribution is 2.20. The molecule has 0 aliphatic carbocycles. The van der Waals surface area contributed by atoms with Crippen LogP contribution in [0.1, 0.15) is 30.9 Å². The molecular weight excluding hydrogens is 441 g/mol. The summed E-state index contributed by atoms with van der Waals surface area (Å²) in [5, 5.41) is 3.62. The molecule has 0 saturated heterocycles. The van der Waals surface area contributed by atoms with E-state index in [1.54, 1.807) is 19.1 Å². The van der Waals surface area contributed by atoms with Crippen LogP contribution in [0.4, 0.5) is 4.39 Å². The fourth-order valence-corrected chi connectivity index (χ4v) is 4.62. The van der Waals surface area contributed by atoms with E-state index in [2.05, 4.69) is 25.8 Å². The number of aromatic nitrogens is 1. The van der Waals surface area contributed by atoms with Gasteiger partial charge in [-0.1, -0.05) is 21.1 Å². The Morgan fingerprint density at radius 3 is 2.63 bits per heavy atom. The summed E-state index contributed by atoms with van der Waals surface area (Å²) in [5.41, 5.74) is 0.545. The molecule has 1 N–H and O–H groups in total. The topological polar surface area (TPSA) is 92.5 Å². The summed E-state index contributed by atoms with van der Waals surface area (Å²) in [5.74, 6) is -0.760. The van der Waals surface area contributed by atoms with Crippen molar-refractivity contribution < 1.29 is 22.1 Å². The van der Waals surface area contributed by atoms with Crippen LogP contribution in [-0.2, 0) is 21.4 Å². The molecule has 1 aromatic carbocycles. The van der Waals surface area contributed by atoms with Crippen molar-refractivity contribution in [2.24, 2.45) is 0 Å². The van der Waals surface area contributed by atoms with Crippen molar-refractivity contribution >= 4 is 31.9 Å². The van der Waals surface area contributed by atoms with Crippen LogP contribution in [0.5, 0.6) is 0 Å². The molecule has 2 rings (SSSR count). The average Bonchev–Trinajstić information content (AvgIpc) is 2.93. The molecule has 0 unspecified atom stereocenters. The van der Waals surface area contributed by atoms with Crippen LogP contribution >= 0.6 is 15.9 Å². The third-order valence-electron chi connectivity index (χ3n) is 4.00. The van der Waals surface area contributed by atoms with Gasteiger partial charge >= 0.3 is 0 Å². The van der Waals surface area contributed by atoms with Gasteiger partial charge in [-0.2, -0.15) is 4.72 Å². The number of carbonyl (C=O) groups is 1. The molecule has 7 nitrogen and oxygen atoms in total. The van der Waals surface area contributed by atoms with Gasteiger partial charge in [0.2, 0.25) is 15.9 Å². The molecule has 2 aromatic rings. The first kappa shape index (κ1) is 21.5. The van der Waals surface area contributed by atoms with Gasteiger partial charge in [-0.3, -0.25) is 4.79 Å². The molecule has 10 heteroatoms. The molecular formula is C17H21BrFN3O4S. The highest BCUT2D eigenvalue weighted by molar-refractivity contribution is 9.10. The Hall–Kier alpha value is -1.78. The van der Waals surface area contributed by atoms with Gasteiger partial charge in [-0.15, -0.1) is 0 Å². The number of carbonyl (C=O) groups excluding carboxylic acids is 1. The summed E-state index contributed by atoms with van der Waals surface area (Å²) in [6.07, 6.45) is 0. The lowest BCUT2D eigenvalue weighted by molar-refractivity contribution is -0.133. The lowest BCUT2D eigenvalue weighted by Crippen LogP contribution is -2.46. The van der Waals surface area contributed by atoms with E-state index < -0.39 is 27.8 Å². The number of nitrogens with zero attached hydrogens (tertiary/aromatic N) is 2. The summed E-state index contributed by atoms with van der Waals surface area (Å²) >= 11 is 3.27. The number of amides is 1. The molecule has 0 fully saturated rings. The first-order valence-corrected chi connectivity index (χ1v) is 10.5. The van der Waals surface area contributed by atoms with Crippen LogP contribution in [0.15, 0.2) is 32.1 Å². The molecule has 0 aliphatic rings. The van der Waals surface area contributed by atoms with Crippen LogP contribution in [0.3, 0.4) is 0 Å². The minimum atomic E-state index is -3.99. The summed E-state index contributed by atoms with van der Waals surface area (Å²) in [7, 11) is -3.99. The highest BCUT2D eigenvalue weighted by Gasteiger charge is 2.30. The molecule has 0 aliphatic heterocycles. The van der Waals surface area contributed by atoms with E-state index in [0.717, 1.165) is 0 Å². The van der Waals surface area contributed by atoms with E-state index in [-0.39, 0.29) is 22.9 Å². The largest absolute Gasteiger partial charge is 0.360 e. The minimum Gasteiger partial charge on any atom is -0.360 e. The Balaban J connectivity index is 2.18. The Morgan fingerprint density at radius 2 is 2.07 bits per heavy atom. The van der Waals surface area contributed by atoms with Gasteiger partial charge in [0.1, 0.15) is 16.4 Å². The number of hydrogen-bond acceptors (Lipinski definition) is 5. The van der Waals surface area contributed by atoms with E-state index in [1.807, 2.05) is 0 Å². The molecule has 1 aromatic heterocycles. The van der Waals surface area contributed by atoms with Crippen LogP contribution in [-0.4, -0.2) is 37.0 Å². The monoisotopic (exact) mass is 461 g/mol. The summed E-state index contributed by atoms with van der Waals surface area (Å²) in [6.45, 7) is 6.49. The molecule has 1 heterocycles. The average molecular weight is 462 g/mol. The van der Waals surface area contributed by atoms with Crippen molar-refractivity contribution in [1.82, 2.24) is 14.8 Å². The van der Waals surface area contributed by atoms with Crippen molar-refractivity contribution in [2.75, 3.05) is 6.54 Å². The third kappa shape index (κ3) is 4.94. The zero-order chi connectivity index (χ0) is 20.4. The van der Waals surface area contributed by atoms with Gasteiger partial charge < -0.3 is 9.42 Å². The lowest BCUT2D eigenvalue weighted by atomic mass is 10.2. The van der Waals surface area contributed by atoms with Crippen LogP contribution in [0.2, 0.25) is 0 Å². The smallest absolute Gasteiger partial charge is 0.246 e. The predicted molar refractivity (Wildman–Crippen MR) is 101 cm³/mol. The van der Waals surface area contributed by atoms with Crippen molar-refractivity contribution in [3.63, 3.8) is 0 Å². The Labute approximate surface area is 166 Å². The number of hydrogen-bond donors (Lipinski definition) is 1. The number of halogens is 2. The van der Waals surface area contributed by atoms with Gasteiger partial charge in [-0.25, -0.2) is 12.8 Å². The number of likely N-dealkylation sites (N-methyl/N-ethyl adjacent to an activating group) is 1. The molecule has 27 heavy (non-hydrogen) atoms. The molecule has 0 spiro atoms. The van der Waals surface area contributed by atoms with Gasteiger partial charge in [0.25, 0.3) is 0 Å². The lowest BCUT2D eigenvalue weighted by Gasteiger charge is -2.25. The fraction of sp³-hybridized carbons (Fsp3) is 0.412. The second-order valence-electron chi connectivity index (χ2n) is 6.08. The Morgan fingerprint density at radius 1 is 1.41 bits per heavy atom. The maximum Gasteiger partial charge on any atom is 0.246 e. The summed E-state index contributed by atoms with van der Waals surface area (Å²) in [4.78, 5) is 14.0. The van der Waals surface area contributed by atoms with E-state index in [4.69, 9.17) is 4.52 Å². The first-order chi connectivity index (χ1) is 12.6. The zero-order valence-electron chi connectivity index (χ0n) is 15.4. The summed E-state index contributed by atoms with van der Waals surface area (Å²) in [6, 6.07) is 3.42. The standard InChI is InChI=1S/C17H21BrFN3O4S/c1-5-22(9-13-8-14(18)6-7-15(13)19)17(23)11(3)21-27(24,25)16-10(2)20-26-12(16)4/h6-8,11,21H,5,9H2,1-4H3/t11-/m0/s1. The van der Waals surface area contributed by atoms with Crippen LogP contribution in [0, 0.1) is 19.7 Å². The first-order valence-electron chi connectivity index (χ1n) is 8.24. The second-order valence-corrected chi connectivity index (χ2v) is 8.65. The highest BCUT2D eigenvalue weighted by atomic mass is 79.9. The van der Waals surface area contributed by atoms with Crippen molar-refractivity contribution in [3.8, 4) is 0 Å². The minimum absolute atomic E-state index is 0.0258.